The lowest BCUT2D eigenvalue weighted by atomic mass is 10.1. The maximum atomic E-state index is 8.54. The average molecular weight is 140 g/mol. The standard InChI is InChI=1S/C9H16O/c1-2-4-8-7-9(8)5-3-6-10/h2,8-10H,1,3-7H2/t8-,9+/m1/s1. The van der Waals surface area contributed by atoms with Crippen molar-refractivity contribution in [3.63, 3.8) is 0 Å². The van der Waals surface area contributed by atoms with Gasteiger partial charge in [-0.15, -0.1) is 6.58 Å². The molecular formula is C9H16O. The third-order valence-corrected chi connectivity index (χ3v) is 2.27. The third-order valence-electron chi connectivity index (χ3n) is 2.27. The van der Waals surface area contributed by atoms with Crippen LogP contribution in [0.1, 0.15) is 25.7 Å². The summed E-state index contributed by atoms with van der Waals surface area (Å²) >= 11 is 0. The molecule has 0 heterocycles. The molecule has 0 radical (unpaired) electrons. The molecule has 0 amide bonds. The number of hydrogen-bond acceptors (Lipinski definition) is 1. The van der Waals surface area contributed by atoms with Crippen molar-refractivity contribution in [2.75, 3.05) is 6.61 Å². The maximum absolute atomic E-state index is 8.54. The Kier molecular flexibility index (Phi) is 2.94. The summed E-state index contributed by atoms with van der Waals surface area (Å²) in [4.78, 5) is 0. The zero-order chi connectivity index (χ0) is 7.40. The Bertz CT molecular complexity index is 109. The summed E-state index contributed by atoms with van der Waals surface area (Å²) in [5.41, 5.74) is 0. The van der Waals surface area contributed by atoms with Crippen molar-refractivity contribution in [1.82, 2.24) is 0 Å². The van der Waals surface area contributed by atoms with Crippen LogP contribution >= 0.6 is 0 Å². The van der Waals surface area contributed by atoms with E-state index < -0.39 is 0 Å². The van der Waals surface area contributed by atoms with Gasteiger partial charge >= 0.3 is 0 Å². The monoisotopic (exact) mass is 140 g/mol. The van der Waals surface area contributed by atoms with E-state index in [0.717, 1.165) is 18.3 Å². The first kappa shape index (κ1) is 7.80. The number of allylic oxidation sites excluding steroid dienone is 1. The molecule has 0 aliphatic heterocycles. The molecule has 1 aliphatic rings. The van der Waals surface area contributed by atoms with E-state index in [-0.39, 0.29) is 0 Å². The van der Waals surface area contributed by atoms with Crippen LogP contribution in [0.25, 0.3) is 0 Å². The van der Waals surface area contributed by atoms with Crippen LogP contribution in [0.15, 0.2) is 12.7 Å². The number of aliphatic hydroxyl groups excluding tert-OH is 1. The number of rotatable bonds is 5. The van der Waals surface area contributed by atoms with Crippen molar-refractivity contribution in [3.05, 3.63) is 12.7 Å². The Balaban J connectivity index is 1.96. The molecule has 2 atom stereocenters. The highest BCUT2D eigenvalue weighted by Gasteiger charge is 2.34. The van der Waals surface area contributed by atoms with Gasteiger partial charge in [0, 0.05) is 6.61 Å². The fourth-order valence-electron chi connectivity index (χ4n) is 1.52. The molecule has 1 fully saturated rings. The van der Waals surface area contributed by atoms with E-state index in [9.17, 15) is 0 Å². The molecule has 0 saturated heterocycles. The lowest BCUT2D eigenvalue weighted by Crippen LogP contribution is -1.86. The maximum Gasteiger partial charge on any atom is 0.0431 e. The van der Waals surface area contributed by atoms with E-state index in [4.69, 9.17) is 5.11 Å². The third kappa shape index (κ3) is 2.14. The van der Waals surface area contributed by atoms with Gasteiger partial charge in [-0.2, -0.15) is 0 Å². The molecule has 1 nitrogen and oxygen atoms in total. The molecule has 0 aromatic carbocycles. The smallest absolute Gasteiger partial charge is 0.0431 e. The SMILES string of the molecule is C=CC[C@@H]1C[C@@H]1CCCO. The molecule has 0 unspecified atom stereocenters. The van der Waals surface area contributed by atoms with E-state index in [2.05, 4.69) is 6.58 Å². The molecule has 1 N–H and O–H groups in total. The van der Waals surface area contributed by atoms with Crippen LogP contribution < -0.4 is 0 Å². The first-order valence-corrected chi connectivity index (χ1v) is 4.10. The summed E-state index contributed by atoms with van der Waals surface area (Å²) < 4.78 is 0. The van der Waals surface area contributed by atoms with Crippen LogP contribution in [0.4, 0.5) is 0 Å². The van der Waals surface area contributed by atoms with Crippen LogP contribution in [0.3, 0.4) is 0 Å². The summed E-state index contributed by atoms with van der Waals surface area (Å²) in [6.07, 6.45) is 6.75. The highest BCUT2D eigenvalue weighted by molar-refractivity contribution is 4.90. The first-order chi connectivity index (χ1) is 4.88. The molecule has 0 spiro atoms. The minimum Gasteiger partial charge on any atom is -0.396 e. The van der Waals surface area contributed by atoms with Gasteiger partial charge in [0.2, 0.25) is 0 Å². The molecule has 1 aliphatic carbocycles. The fraction of sp³-hybridized carbons (Fsp3) is 0.778. The molecular weight excluding hydrogens is 124 g/mol. The highest BCUT2D eigenvalue weighted by atomic mass is 16.2. The highest BCUT2D eigenvalue weighted by Crippen LogP contribution is 2.44. The quantitative estimate of drug-likeness (QED) is 0.579. The molecule has 0 aromatic rings. The number of hydrogen-bond donors (Lipinski definition) is 1. The summed E-state index contributed by atoms with van der Waals surface area (Å²) in [5.74, 6) is 1.81. The minimum absolute atomic E-state index is 0.358. The molecule has 1 heteroatoms. The Morgan fingerprint density at radius 1 is 1.50 bits per heavy atom. The fourth-order valence-corrected chi connectivity index (χ4v) is 1.52. The van der Waals surface area contributed by atoms with Gasteiger partial charge in [0.05, 0.1) is 0 Å². The predicted octanol–water partition coefficient (Wildman–Crippen LogP) is 1.97. The Labute approximate surface area is 62.8 Å². The van der Waals surface area contributed by atoms with Crippen molar-refractivity contribution in [2.24, 2.45) is 11.8 Å². The molecule has 10 heavy (non-hydrogen) atoms. The molecule has 1 rings (SSSR count). The Morgan fingerprint density at radius 3 is 2.90 bits per heavy atom. The van der Waals surface area contributed by atoms with Crippen LogP contribution in [-0.2, 0) is 0 Å². The van der Waals surface area contributed by atoms with Crippen molar-refractivity contribution in [2.45, 2.75) is 25.7 Å². The topological polar surface area (TPSA) is 20.2 Å². The van der Waals surface area contributed by atoms with Crippen molar-refractivity contribution in [1.29, 1.82) is 0 Å². The molecule has 1 saturated carbocycles. The summed E-state index contributed by atoms with van der Waals surface area (Å²) in [5, 5.41) is 8.54. The second-order valence-corrected chi connectivity index (χ2v) is 3.15. The van der Waals surface area contributed by atoms with Crippen LogP contribution in [-0.4, -0.2) is 11.7 Å². The average Bonchev–Trinajstić information content (AvgIpc) is 2.65. The lowest BCUT2D eigenvalue weighted by Gasteiger charge is -1.93. The molecule has 0 bridgehead atoms. The van der Waals surface area contributed by atoms with Gasteiger partial charge in [0.15, 0.2) is 0 Å². The minimum atomic E-state index is 0.358. The van der Waals surface area contributed by atoms with Gasteiger partial charge in [-0.25, -0.2) is 0 Å². The van der Waals surface area contributed by atoms with Crippen molar-refractivity contribution < 1.29 is 5.11 Å². The van der Waals surface area contributed by atoms with Gasteiger partial charge in [-0.05, 0) is 37.5 Å². The summed E-state index contributed by atoms with van der Waals surface area (Å²) in [6.45, 7) is 4.06. The van der Waals surface area contributed by atoms with E-state index in [1.807, 2.05) is 6.08 Å². The lowest BCUT2D eigenvalue weighted by molar-refractivity contribution is 0.280. The predicted molar refractivity (Wildman–Crippen MR) is 42.7 cm³/mol. The van der Waals surface area contributed by atoms with Gasteiger partial charge in [0.25, 0.3) is 0 Å². The van der Waals surface area contributed by atoms with Crippen molar-refractivity contribution in [3.8, 4) is 0 Å². The van der Waals surface area contributed by atoms with Crippen LogP contribution in [0.2, 0.25) is 0 Å². The van der Waals surface area contributed by atoms with E-state index in [1.165, 1.54) is 19.3 Å². The number of aliphatic hydroxyl groups is 1. The van der Waals surface area contributed by atoms with Gasteiger partial charge in [0.1, 0.15) is 0 Å². The first-order valence-electron chi connectivity index (χ1n) is 4.10. The van der Waals surface area contributed by atoms with Gasteiger partial charge in [-0.1, -0.05) is 6.08 Å². The Hall–Kier alpha value is -0.300. The van der Waals surface area contributed by atoms with E-state index in [0.29, 0.717) is 6.61 Å². The van der Waals surface area contributed by atoms with Crippen molar-refractivity contribution >= 4 is 0 Å². The molecule has 0 aromatic heterocycles. The second-order valence-electron chi connectivity index (χ2n) is 3.15. The van der Waals surface area contributed by atoms with Gasteiger partial charge in [-0.3, -0.25) is 0 Å². The van der Waals surface area contributed by atoms with Crippen LogP contribution in [0.5, 0.6) is 0 Å². The molecule has 58 valence electrons. The Morgan fingerprint density at radius 2 is 2.30 bits per heavy atom. The summed E-state index contributed by atoms with van der Waals surface area (Å²) in [6, 6.07) is 0. The van der Waals surface area contributed by atoms with Crippen LogP contribution in [0, 0.1) is 11.8 Å². The second kappa shape index (κ2) is 3.77. The zero-order valence-corrected chi connectivity index (χ0v) is 6.42. The largest absolute Gasteiger partial charge is 0.396 e. The zero-order valence-electron chi connectivity index (χ0n) is 6.42. The van der Waals surface area contributed by atoms with E-state index >= 15 is 0 Å². The summed E-state index contributed by atoms with van der Waals surface area (Å²) in [7, 11) is 0. The van der Waals surface area contributed by atoms with E-state index in [1.54, 1.807) is 0 Å². The normalized spacial score (nSPS) is 30.1. The van der Waals surface area contributed by atoms with Gasteiger partial charge < -0.3 is 5.11 Å².